The molecule has 0 aromatic carbocycles. The summed E-state index contributed by atoms with van der Waals surface area (Å²) < 4.78 is 25.8. The third kappa shape index (κ3) is 1.82. The first kappa shape index (κ1) is 10.8. The minimum Gasteiger partial charge on any atom is -0.271 e. The summed E-state index contributed by atoms with van der Waals surface area (Å²) in [6.07, 6.45) is -1.07. The third-order valence-electron chi connectivity index (χ3n) is 2.28. The van der Waals surface area contributed by atoms with Crippen LogP contribution in [-0.4, -0.2) is 14.6 Å². The van der Waals surface area contributed by atoms with Crippen LogP contribution in [0.5, 0.6) is 0 Å². The average Bonchev–Trinajstić information content (AvgIpc) is 2.62. The number of rotatable bonds is 3. The van der Waals surface area contributed by atoms with Crippen molar-refractivity contribution in [1.29, 1.82) is 0 Å². The molecule has 0 amide bonds. The number of hydrogen-bond donors (Lipinski definition) is 1. The molecule has 4 nitrogen and oxygen atoms in total. The zero-order valence-electron chi connectivity index (χ0n) is 8.70. The van der Waals surface area contributed by atoms with Gasteiger partial charge in [-0.1, -0.05) is 13.3 Å². The fraction of sp³-hybridized carbons (Fsp3) is 0.400. The maximum atomic E-state index is 12.4. The number of alkyl halides is 2. The van der Waals surface area contributed by atoms with Crippen molar-refractivity contribution in [1.82, 2.24) is 14.6 Å². The van der Waals surface area contributed by atoms with E-state index < -0.39 is 12.2 Å². The van der Waals surface area contributed by atoms with E-state index in [2.05, 4.69) is 10.1 Å². The van der Waals surface area contributed by atoms with E-state index in [0.29, 0.717) is 0 Å². The average molecular weight is 227 g/mol. The van der Waals surface area contributed by atoms with Crippen molar-refractivity contribution >= 4 is 5.65 Å². The molecule has 0 unspecified atom stereocenters. The molecular formula is C10H11F2N3O. The number of aryl methyl sites for hydroxylation is 1. The van der Waals surface area contributed by atoms with Gasteiger partial charge in [-0.2, -0.15) is 0 Å². The van der Waals surface area contributed by atoms with Gasteiger partial charge in [0, 0.05) is 6.07 Å². The van der Waals surface area contributed by atoms with Crippen molar-refractivity contribution in [2.45, 2.75) is 26.2 Å². The molecule has 2 rings (SSSR count). The van der Waals surface area contributed by atoms with E-state index in [1.807, 2.05) is 6.92 Å². The van der Waals surface area contributed by atoms with E-state index in [4.69, 9.17) is 0 Å². The largest absolute Gasteiger partial charge is 0.296 e. The van der Waals surface area contributed by atoms with Gasteiger partial charge >= 0.3 is 0 Å². The highest BCUT2D eigenvalue weighted by Gasteiger charge is 2.13. The highest BCUT2D eigenvalue weighted by atomic mass is 19.3. The fourth-order valence-corrected chi connectivity index (χ4v) is 1.60. The molecule has 0 aliphatic heterocycles. The van der Waals surface area contributed by atoms with Gasteiger partial charge in [0.1, 0.15) is 0 Å². The van der Waals surface area contributed by atoms with Crippen LogP contribution in [0.25, 0.3) is 5.65 Å². The lowest BCUT2D eigenvalue weighted by Crippen LogP contribution is -2.13. The Kier molecular flexibility index (Phi) is 2.72. The molecule has 16 heavy (non-hydrogen) atoms. The monoisotopic (exact) mass is 227 g/mol. The van der Waals surface area contributed by atoms with Gasteiger partial charge in [0.25, 0.3) is 12.0 Å². The molecule has 0 atom stereocenters. The topological polar surface area (TPSA) is 50.2 Å². The van der Waals surface area contributed by atoms with Crippen molar-refractivity contribution in [3.63, 3.8) is 0 Å². The molecule has 2 aromatic rings. The second-order valence-corrected chi connectivity index (χ2v) is 3.55. The first-order valence-electron chi connectivity index (χ1n) is 5.01. The Balaban J connectivity index is 2.59. The van der Waals surface area contributed by atoms with Gasteiger partial charge in [0.2, 0.25) is 0 Å². The first-order valence-corrected chi connectivity index (χ1v) is 5.01. The molecule has 0 radical (unpaired) electrons. The van der Waals surface area contributed by atoms with Crippen LogP contribution in [0, 0.1) is 0 Å². The van der Waals surface area contributed by atoms with E-state index in [0.717, 1.165) is 22.9 Å². The zero-order valence-corrected chi connectivity index (χ0v) is 8.70. The second-order valence-electron chi connectivity index (χ2n) is 3.55. The quantitative estimate of drug-likeness (QED) is 0.870. The van der Waals surface area contributed by atoms with Crippen LogP contribution in [0.2, 0.25) is 0 Å². The third-order valence-corrected chi connectivity index (χ3v) is 2.28. The van der Waals surface area contributed by atoms with Crippen molar-refractivity contribution in [3.05, 3.63) is 33.9 Å². The first-order chi connectivity index (χ1) is 7.61. The number of fused-ring (bicyclic) bond motifs is 1. The summed E-state index contributed by atoms with van der Waals surface area (Å²) in [5.74, 6) is -0.481. The maximum Gasteiger partial charge on any atom is 0.296 e. The minimum absolute atomic E-state index is 0.242. The number of nitrogens with zero attached hydrogens (tertiary/aromatic N) is 2. The Bertz CT molecular complexity index is 559. The summed E-state index contributed by atoms with van der Waals surface area (Å²) in [7, 11) is 0. The predicted octanol–water partition coefficient (Wildman–Crippen LogP) is 1.91. The smallest absolute Gasteiger partial charge is 0.271 e. The number of H-pyrrole nitrogens is 1. The van der Waals surface area contributed by atoms with Crippen LogP contribution in [0.1, 0.15) is 31.2 Å². The standard InChI is InChI=1S/C10H11F2N3O/c1-2-3-6-4-7-13-10(9(11)12)14-15(7)8(16)5-6/h4-5,9H,2-3H2,1H3,(H,13,14). The summed E-state index contributed by atoms with van der Waals surface area (Å²) in [5.41, 5.74) is 0.700. The van der Waals surface area contributed by atoms with Gasteiger partial charge in [-0.25, -0.2) is 18.3 Å². The summed E-state index contributed by atoms with van der Waals surface area (Å²) in [6.45, 7) is 1.98. The van der Waals surface area contributed by atoms with E-state index in [-0.39, 0.29) is 11.2 Å². The number of aromatic amines is 1. The normalized spacial score (nSPS) is 11.5. The zero-order chi connectivity index (χ0) is 11.7. The van der Waals surface area contributed by atoms with Crippen LogP contribution in [0.3, 0.4) is 0 Å². The molecule has 0 bridgehead atoms. The lowest BCUT2D eigenvalue weighted by atomic mass is 10.1. The molecule has 0 saturated carbocycles. The highest BCUT2D eigenvalue weighted by molar-refractivity contribution is 5.40. The molecule has 6 heteroatoms. The van der Waals surface area contributed by atoms with Gasteiger partial charge in [-0.3, -0.25) is 9.89 Å². The SMILES string of the molecule is CCCc1cc(=O)n2[nH]c(C(F)F)nc2c1. The van der Waals surface area contributed by atoms with Gasteiger partial charge in [-0.05, 0) is 18.1 Å². The summed E-state index contributed by atoms with van der Waals surface area (Å²) in [4.78, 5) is 15.2. The summed E-state index contributed by atoms with van der Waals surface area (Å²) in [6, 6.07) is 3.08. The Morgan fingerprint density at radius 1 is 1.50 bits per heavy atom. The molecule has 0 aliphatic carbocycles. The van der Waals surface area contributed by atoms with Crippen LogP contribution in [-0.2, 0) is 6.42 Å². The molecule has 2 aromatic heterocycles. The van der Waals surface area contributed by atoms with Gasteiger partial charge in [0.15, 0.2) is 11.5 Å². The van der Waals surface area contributed by atoms with Gasteiger partial charge in [0.05, 0.1) is 0 Å². The van der Waals surface area contributed by atoms with Crippen LogP contribution in [0.4, 0.5) is 8.78 Å². The molecule has 86 valence electrons. The molecule has 0 saturated heterocycles. The van der Waals surface area contributed by atoms with Crippen LogP contribution in [0.15, 0.2) is 16.9 Å². The van der Waals surface area contributed by atoms with Gasteiger partial charge in [-0.15, -0.1) is 0 Å². The van der Waals surface area contributed by atoms with E-state index in [9.17, 15) is 13.6 Å². The molecule has 1 N–H and O–H groups in total. The fourth-order valence-electron chi connectivity index (χ4n) is 1.60. The lowest BCUT2D eigenvalue weighted by Gasteiger charge is -1.97. The van der Waals surface area contributed by atoms with Crippen LogP contribution < -0.4 is 5.56 Å². The Labute approximate surface area is 89.9 Å². The number of hydrogen-bond acceptors (Lipinski definition) is 2. The number of aromatic nitrogens is 3. The number of pyridine rings is 1. The van der Waals surface area contributed by atoms with E-state index in [1.54, 1.807) is 6.07 Å². The highest BCUT2D eigenvalue weighted by Crippen LogP contribution is 2.15. The Morgan fingerprint density at radius 2 is 2.25 bits per heavy atom. The van der Waals surface area contributed by atoms with E-state index in [1.165, 1.54) is 6.07 Å². The molecular weight excluding hydrogens is 216 g/mol. The summed E-state index contributed by atoms with van der Waals surface area (Å²) >= 11 is 0. The minimum atomic E-state index is -2.70. The van der Waals surface area contributed by atoms with E-state index >= 15 is 0 Å². The van der Waals surface area contributed by atoms with Gasteiger partial charge < -0.3 is 0 Å². The van der Waals surface area contributed by atoms with Crippen molar-refractivity contribution in [2.24, 2.45) is 0 Å². The van der Waals surface area contributed by atoms with Crippen molar-refractivity contribution in [3.8, 4) is 0 Å². The second kappa shape index (κ2) is 4.03. The molecule has 0 fully saturated rings. The summed E-state index contributed by atoms with van der Waals surface area (Å²) in [5, 5.41) is 2.28. The molecule has 2 heterocycles. The Morgan fingerprint density at radius 3 is 2.88 bits per heavy atom. The number of halogens is 2. The molecule has 0 spiro atoms. The van der Waals surface area contributed by atoms with Crippen molar-refractivity contribution < 1.29 is 8.78 Å². The maximum absolute atomic E-state index is 12.4. The lowest BCUT2D eigenvalue weighted by molar-refractivity contribution is 0.140. The van der Waals surface area contributed by atoms with Crippen molar-refractivity contribution in [2.75, 3.05) is 0 Å². The number of nitrogens with one attached hydrogen (secondary N) is 1. The molecule has 0 aliphatic rings. The Hall–Kier alpha value is -1.72. The predicted molar refractivity (Wildman–Crippen MR) is 54.8 cm³/mol. The van der Waals surface area contributed by atoms with Crippen LogP contribution >= 0.6 is 0 Å².